The van der Waals surface area contributed by atoms with Crippen LogP contribution in [-0.2, 0) is 12.8 Å². The molecule has 1 heterocycles. The smallest absolute Gasteiger partial charge is 0.372 e. The summed E-state index contributed by atoms with van der Waals surface area (Å²) < 4.78 is 5.39. The number of carboxylic acid groups (broad SMARTS) is 1. The van der Waals surface area contributed by atoms with Crippen LogP contribution < -0.4 is 0 Å². The Morgan fingerprint density at radius 3 is 2.69 bits per heavy atom. The van der Waals surface area contributed by atoms with Gasteiger partial charge in [-0.25, -0.2) is 4.79 Å². The van der Waals surface area contributed by atoms with Crippen molar-refractivity contribution < 1.29 is 14.3 Å². The lowest BCUT2D eigenvalue weighted by molar-refractivity contribution is 0.0664. The van der Waals surface area contributed by atoms with Crippen LogP contribution in [0, 0.1) is 6.92 Å². The standard InChI is InChI=1S/C13H12O3/c1-7-10-5-8-3-2-4-9(8)6-11(10)16-12(7)13(14)15/h5-6H,2-4H2,1H3,(H,14,15). The summed E-state index contributed by atoms with van der Waals surface area (Å²) in [5.41, 5.74) is 4.08. The zero-order valence-electron chi connectivity index (χ0n) is 9.04. The largest absolute Gasteiger partial charge is 0.475 e. The van der Waals surface area contributed by atoms with Crippen molar-refractivity contribution in [3.63, 3.8) is 0 Å². The minimum atomic E-state index is -0.992. The zero-order valence-corrected chi connectivity index (χ0v) is 9.04. The Bertz CT molecular complexity index is 593. The summed E-state index contributed by atoms with van der Waals surface area (Å²) in [6.07, 6.45) is 3.36. The number of aromatic carboxylic acids is 1. The van der Waals surface area contributed by atoms with E-state index >= 15 is 0 Å². The average Bonchev–Trinajstić information content (AvgIpc) is 2.80. The van der Waals surface area contributed by atoms with Crippen LogP contribution in [0.4, 0.5) is 0 Å². The van der Waals surface area contributed by atoms with E-state index in [1.165, 1.54) is 17.5 Å². The lowest BCUT2D eigenvalue weighted by Crippen LogP contribution is -1.95. The van der Waals surface area contributed by atoms with Crippen LogP contribution in [-0.4, -0.2) is 11.1 Å². The van der Waals surface area contributed by atoms with Crippen molar-refractivity contribution in [3.05, 3.63) is 34.6 Å². The first-order valence-corrected chi connectivity index (χ1v) is 5.45. The fourth-order valence-electron chi connectivity index (χ4n) is 2.49. The molecule has 0 fully saturated rings. The minimum absolute atomic E-state index is 0.0682. The van der Waals surface area contributed by atoms with Gasteiger partial charge in [-0.15, -0.1) is 0 Å². The van der Waals surface area contributed by atoms with Crippen LogP contribution in [0.25, 0.3) is 11.0 Å². The van der Waals surface area contributed by atoms with E-state index in [1.807, 2.05) is 6.07 Å². The molecule has 0 amide bonds. The van der Waals surface area contributed by atoms with E-state index in [9.17, 15) is 4.79 Å². The first kappa shape index (κ1) is 9.46. The Morgan fingerprint density at radius 2 is 2.00 bits per heavy atom. The Kier molecular flexibility index (Phi) is 1.84. The molecule has 1 aromatic carbocycles. The van der Waals surface area contributed by atoms with Gasteiger partial charge >= 0.3 is 5.97 Å². The molecule has 0 spiro atoms. The molecule has 0 saturated carbocycles. The van der Waals surface area contributed by atoms with Gasteiger partial charge in [-0.3, -0.25) is 0 Å². The summed E-state index contributed by atoms with van der Waals surface area (Å²) in [5, 5.41) is 9.93. The summed E-state index contributed by atoms with van der Waals surface area (Å²) in [4.78, 5) is 11.0. The fraction of sp³-hybridized carbons (Fsp3) is 0.308. The highest BCUT2D eigenvalue weighted by Gasteiger charge is 2.19. The highest BCUT2D eigenvalue weighted by atomic mass is 16.4. The van der Waals surface area contributed by atoms with Crippen LogP contribution in [0.2, 0.25) is 0 Å². The van der Waals surface area contributed by atoms with Crippen LogP contribution in [0.15, 0.2) is 16.5 Å². The van der Waals surface area contributed by atoms with Gasteiger partial charge in [-0.2, -0.15) is 0 Å². The third kappa shape index (κ3) is 1.18. The van der Waals surface area contributed by atoms with Crippen LogP contribution in [0.3, 0.4) is 0 Å². The SMILES string of the molecule is Cc1c(C(=O)O)oc2cc3c(cc12)CCC3. The molecule has 0 radical (unpaired) electrons. The van der Waals surface area contributed by atoms with Gasteiger partial charge in [0.2, 0.25) is 5.76 Å². The molecule has 1 aliphatic carbocycles. The van der Waals surface area contributed by atoms with Gasteiger partial charge in [0.15, 0.2) is 0 Å². The second kappa shape index (κ2) is 3.11. The maximum absolute atomic E-state index is 11.0. The van der Waals surface area contributed by atoms with Crippen LogP contribution in [0.5, 0.6) is 0 Å². The minimum Gasteiger partial charge on any atom is -0.475 e. The molecule has 3 heteroatoms. The van der Waals surface area contributed by atoms with Gasteiger partial charge in [0, 0.05) is 10.9 Å². The first-order valence-electron chi connectivity index (χ1n) is 5.45. The summed E-state index contributed by atoms with van der Waals surface area (Å²) in [6, 6.07) is 4.08. The lowest BCUT2D eigenvalue weighted by atomic mass is 10.1. The number of rotatable bonds is 1. The van der Waals surface area contributed by atoms with Crippen molar-refractivity contribution in [1.82, 2.24) is 0 Å². The van der Waals surface area contributed by atoms with Gasteiger partial charge in [-0.1, -0.05) is 0 Å². The fourth-order valence-corrected chi connectivity index (χ4v) is 2.49. The van der Waals surface area contributed by atoms with E-state index in [0.717, 1.165) is 23.8 Å². The normalized spacial score (nSPS) is 14.3. The summed E-state index contributed by atoms with van der Waals surface area (Å²) in [5.74, 6) is -0.924. The molecule has 1 N–H and O–H groups in total. The second-order valence-electron chi connectivity index (χ2n) is 4.33. The van der Waals surface area contributed by atoms with E-state index in [4.69, 9.17) is 9.52 Å². The van der Waals surface area contributed by atoms with Crippen molar-refractivity contribution in [2.24, 2.45) is 0 Å². The highest BCUT2D eigenvalue weighted by Crippen LogP contribution is 2.32. The number of aryl methyl sites for hydroxylation is 3. The molecule has 0 unspecified atom stereocenters. The molecule has 1 aliphatic rings. The number of hydrogen-bond acceptors (Lipinski definition) is 2. The molecular weight excluding hydrogens is 204 g/mol. The van der Waals surface area contributed by atoms with Crippen molar-refractivity contribution >= 4 is 16.9 Å². The van der Waals surface area contributed by atoms with Gasteiger partial charge in [0.1, 0.15) is 5.58 Å². The summed E-state index contributed by atoms with van der Waals surface area (Å²) in [6.45, 7) is 1.80. The van der Waals surface area contributed by atoms with Crippen molar-refractivity contribution in [2.75, 3.05) is 0 Å². The Morgan fingerprint density at radius 1 is 1.31 bits per heavy atom. The van der Waals surface area contributed by atoms with Crippen LogP contribution >= 0.6 is 0 Å². The third-order valence-electron chi connectivity index (χ3n) is 3.34. The van der Waals surface area contributed by atoms with Crippen molar-refractivity contribution in [2.45, 2.75) is 26.2 Å². The van der Waals surface area contributed by atoms with Crippen LogP contribution in [0.1, 0.15) is 33.7 Å². The summed E-state index contributed by atoms with van der Waals surface area (Å²) in [7, 11) is 0. The number of benzene rings is 1. The average molecular weight is 216 g/mol. The maximum Gasteiger partial charge on any atom is 0.372 e. The van der Waals surface area contributed by atoms with E-state index in [0.29, 0.717) is 5.58 Å². The lowest BCUT2D eigenvalue weighted by Gasteiger charge is -1.98. The zero-order chi connectivity index (χ0) is 11.3. The van der Waals surface area contributed by atoms with Crippen molar-refractivity contribution in [3.8, 4) is 0 Å². The molecule has 1 aromatic heterocycles. The van der Waals surface area contributed by atoms with Gasteiger partial charge in [0.05, 0.1) is 0 Å². The molecule has 16 heavy (non-hydrogen) atoms. The predicted molar refractivity (Wildman–Crippen MR) is 59.9 cm³/mol. The second-order valence-corrected chi connectivity index (χ2v) is 4.33. The number of fused-ring (bicyclic) bond motifs is 2. The molecule has 2 aromatic rings. The van der Waals surface area contributed by atoms with Crippen molar-refractivity contribution in [1.29, 1.82) is 0 Å². The predicted octanol–water partition coefficient (Wildman–Crippen LogP) is 2.93. The number of furan rings is 1. The van der Waals surface area contributed by atoms with E-state index in [-0.39, 0.29) is 5.76 Å². The van der Waals surface area contributed by atoms with Gasteiger partial charge in [-0.05, 0) is 49.4 Å². The number of hydrogen-bond donors (Lipinski definition) is 1. The molecular formula is C13H12O3. The number of carboxylic acids is 1. The molecule has 0 bridgehead atoms. The molecule has 3 nitrogen and oxygen atoms in total. The highest BCUT2D eigenvalue weighted by molar-refractivity contribution is 5.95. The monoisotopic (exact) mass is 216 g/mol. The Hall–Kier alpha value is -1.77. The Labute approximate surface area is 92.7 Å². The summed E-state index contributed by atoms with van der Waals surface area (Å²) >= 11 is 0. The van der Waals surface area contributed by atoms with Gasteiger partial charge < -0.3 is 9.52 Å². The number of carbonyl (C=O) groups is 1. The molecule has 0 saturated heterocycles. The maximum atomic E-state index is 11.0. The molecule has 0 aliphatic heterocycles. The molecule has 82 valence electrons. The first-order chi connectivity index (χ1) is 7.66. The van der Waals surface area contributed by atoms with E-state index in [1.54, 1.807) is 6.92 Å². The van der Waals surface area contributed by atoms with E-state index < -0.39 is 5.97 Å². The quantitative estimate of drug-likeness (QED) is 0.797. The van der Waals surface area contributed by atoms with Gasteiger partial charge in [0.25, 0.3) is 0 Å². The molecule has 3 rings (SSSR count). The molecule has 0 atom stereocenters. The Balaban J connectivity index is 2.32. The topological polar surface area (TPSA) is 50.4 Å². The van der Waals surface area contributed by atoms with E-state index in [2.05, 4.69) is 6.07 Å². The third-order valence-corrected chi connectivity index (χ3v) is 3.34.